The Morgan fingerprint density at radius 2 is 1.93 bits per heavy atom. The van der Waals surface area contributed by atoms with Gasteiger partial charge >= 0.3 is 0 Å². The number of amides is 1. The van der Waals surface area contributed by atoms with Crippen molar-refractivity contribution in [3.63, 3.8) is 0 Å². The van der Waals surface area contributed by atoms with E-state index in [0.717, 1.165) is 36.8 Å². The van der Waals surface area contributed by atoms with E-state index in [1.165, 1.54) is 12.8 Å². The molecule has 0 spiro atoms. The van der Waals surface area contributed by atoms with Crippen molar-refractivity contribution in [3.05, 3.63) is 53.9 Å². The number of nitrogens with zero attached hydrogens (tertiary/aromatic N) is 3. The molecular weight excluding hydrogens is 368 g/mol. The van der Waals surface area contributed by atoms with Crippen LogP contribution in [0.25, 0.3) is 17.1 Å². The topological polar surface area (TPSA) is 72.5 Å². The predicted octanol–water partition coefficient (Wildman–Crippen LogP) is 3.27. The maximum absolute atomic E-state index is 12.9. The van der Waals surface area contributed by atoms with E-state index >= 15 is 0 Å². The zero-order valence-corrected chi connectivity index (χ0v) is 16.9. The highest BCUT2D eigenvalue weighted by Gasteiger charge is 2.19. The van der Waals surface area contributed by atoms with Gasteiger partial charge in [0, 0.05) is 19.2 Å². The third kappa shape index (κ3) is 4.35. The van der Waals surface area contributed by atoms with Gasteiger partial charge in [-0.2, -0.15) is 5.10 Å². The van der Waals surface area contributed by atoms with Crippen LogP contribution in [0, 0.1) is 6.92 Å². The van der Waals surface area contributed by atoms with Crippen LogP contribution in [-0.2, 0) is 0 Å². The average molecular weight is 394 g/mol. The van der Waals surface area contributed by atoms with E-state index in [1.807, 2.05) is 43.3 Å². The van der Waals surface area contributed by atoms with Gasteiger partial charge in [0.15, 0.2) is 5.76 Å². The quantitative estimate of drug-likeness (QED) is 0.666. The molecule has 0 aliphatic carbocycles. The minimum absolute atomic E-state index is 0.151. The predicted molar refractivity (Wildman–Crippen MR) is 111 cm³/mol. The van der Waals surface area contributed by atoms with E-state index in [-0.39, 0.29) is 5.91 Å². The van der Waals surface area contributed by atoms with Gasteiger partial charge in [0.05, 0.1) is 12.8 Å². The monoisotopic (exact) mass is 394 g/mol. The minimum atomic E-state index is -0.151. The average Bonchev–Trinajstić information content (AvgIpc) is 3.48. The fraction of sp³-hybridized carbons (Fsp3) is 0.364. The number of hydrogen-bond acceptors (Lipinski definition) is 5. The summed E-state index contributed by atoms with van der Waals surface area (Å²) in [5, 5.41) is 7.67. The van der Waals surface area contributed by atoms with Crippen molar-refractivity contribution in [2.24, 2.45) is 0 Å². The Hall–Kier alpha value is -3.06. The van der Waals surface area contributed by atoms with Gasteiger partial charge in [-0.25, -0.2) is 4.68 Å². The molecule has 1 aliphatic rings. The van der Waals surface area contributed by atoms with Crippen LogP contribution in [0.5, 0.6) is 5.75 Å². The first-order chi connectivity index (χ1) is 14.1. The zero-order valence-electron chi connectivity index (χ0n) is 16.9. The number of carbonyl (C=O) groups is 1. The van der Waals surface area contributed by atoms with Gasteiger partial charge in [-0.15, -0.1) is 0 Å². The van der Waals surface area contributed by atoms with Gasteiger partial charge in [0.2, 0.25) is 0 Å². The molecular formula is C22H26N4O3. The first-order valence-electron chi connectivity index (χ1n) is 9.96. The molecule has 1 saturated heterocycles. The summed E-state index contributed by atoms with van der Waals surface area (Å²) >= 11 is 0. The van der Waals surface area contributed by atoms with Crippen LogP contribution in [0.3, 0.4) is 0 Å². The Morgan fingerprint density at radius 1 is 1.17 bits per heavy atom. The SMILES string of the molecule is COc1ccc(-n2nc(-c3ccc(C)o3)cc2C(=O)NCCN2CCCC2)cc1. The Labute approximate surface area is 170 Å². The second kappa shape index (κ2) is 8.53. The lowest BCUT2D eigenvalue weighted by Gasteiger charge is -2.15. The van der Waals surface area contributed by atoms with Gasteiger partial charge in [0.25, 0.3) is 5.91 Å². The number of methoxy groups -OCH3 is 1. The summed E-state index contributed by atoms with van der Waals surface area (Å²) in [6, 6.07) is 13.0. The summed E-state index contributed by atoms with van der Waals surface area (Å²) in [7, 11) is 1.62. The molecule has 1 amide bonds. The van der Waals surface area contributed by atoms with Crippen LogP contribution < -0.4 is 10.1 Å². The van der Waals surface area contributed by atoms with Crippen LogP contribution in [0.2, 0.25) is 0 Å². The second-order valence-corrected chi connectivity index (χ2v) is 7.24. The highest BCUT2D eigenvalue weighted by atomic mass is 16.5. The van der Waals surface area contributed by atoms with Crippen LogP contribution in [-0.4, -0.2) is 53.9 Å². The lowest BCUT2D eigenvalue weighted by atomic mass is 10.2. The zero-order chi connectivity index (χ0) is 20.2. The lowest BCUT2D eigenvalue weighted by molar-refractivity contribution is 0.0942. The molecule has 0 saturated carbocycles. The molecule has 0 unspecified atom stereocenters. The Kier molecular flexibility index (Phi) is 5.67. The summed E-state index contributed by atoms with van der Waals surface area (Å²) in [5.41, 5.74) is 1.88. The van der Waals surface area contributed by atoms with Crippen LogP contribution in [0.15, 0.2) is 46.9 Å². The maximum atomic E-state index is 12.9. The molecule has 1 N–H and O–H groups in total. The van der Waals surface area contributed by atoms with E-state index in [4.69, 9.17) is 9.15 Å². The molecule has 7 heteroatoms. The number of furan rings is 1. The number of carbonyl (C=O) groups excluding carboxylic acids is 1. The molecule has 1 fully saturated rings. The molecule has 1 aromatic carbocycles. The first kappa shape index (κ1) is 19.3. The molecule has 152 valence electrons. The highest BCUT2D eigenvalue weighted by Crippen LogP contribution is 2.24. The summed E-state index contributed by atoms with van der Waals surface area (Å²) in [5.74, 6) is 2.04. The third-order valence-corrected chi connectivity index (χ3v) is 5.16. The first-order valence-corrected chi connectivity index (χ1v) is 9.96. The second-order valence-electron chi connectivity index (χ2n) is 7.24. The number of hydrogen-bond donors (Lipinski definition) is 1. The fourth-order valence-electron chi connectivity index (χ4n) is 3.58. The number of aryl methyl sites for hydroxylation is 1. The molecule has 2 aromatic heterocycles. The van der Waals surface area contributed by atoms with Crippen LogP contribution in [0.1, 0.15) is 29.1 Å². The Bertz CT molecular complexity index is 968. The molecule has 0 bridgehead atoms. The number of benzene rings is 1. The Balaban J connectivity index is 1.59. The number of aromatic nitrogens is 2. The summed E-state index contributed by atoms with van der Waals surface area (Å²) in [6.45, 7) is 5.59. The number of nitrogens with one attached hydrogen (secondary N) is 1. The van der Waals surface area contributed by atoms with E-state index in [1.54, 1.807) is 17.9 Å². The molecule has 0 atom stereocenters. The largest absolute Gasteiger partial charge is 0.497 e. The third-order valence-electron chi connectivity index (χ3n) is 5.16. The van der Waals surface area contributed by atoms with Crippen molar-refractivity contribution in [2.45, 2.75) is 19.8 Å². The van der Waals surface area contributed by atoms with Crippen molar-refractivity contribution in [2.75, 3.05) is 33.3 Å². The van der Waals surface area contributed by atoms with Crippen LogP contribution >= 0.6 is 0 Å². The van der Waals surface area contributed by atoms with Gasteiger partial charge in [0.1, 0.15) is 22.9 Å². The highest BCUT2D eigenvalue weighted by molar-refractivity contribution is 5.94. The maximum Gasteiger partial charge on any atom is 0.270 e. The van der Waals surface area contributed by atoms with E-state index in [2.05, 4.69) is 15.3 Å². The van der Waals surface area contributed by atoms with Crippen molar-refractivity contribution in [1.29, 1.82) is 0 Å². The van der Waals surface area contributed by atoms with Crippen molar-refractivity contribution < 1.29 is 13.9 Å². The number of likely N-dealkylation sites (tertiary alicyclic amines) is 1. The smallest absolute Gasteiger partial charge is 0.270 e. The van der Waals surface area contributed by atoms with E-state index in [9.17, 15) is 4.79 Å². The number of rotatable bonds is 7. The van der Waals surface area contributed by atoms with Gasteiger partial charge in [-0.1, -0.05) is 0 Å². The summed E-state index contributed by atoms with van der Waals surface area (Å²) in [4.78, 5) is 15.3. The molecule has 0 radical (unpaired) electrons. The van der Waals surface area contributed by atoms with Gasteiger partial charge in [-0.05, 0) is 69.3 Å². The molecule has 29 heavy (non-hydrogen) atoms. The number of ether oxygens (including phenoxy) is 1. The molecule has 3 heterocycles. The van der Waals surface area contributed by atoms with E-state index in [0.29, 0.717) is 23.7 Å². The van der Waals surface area contributed by atoms with Gasteiger partial charge in [-0.3, -0.25) is 4.79 Å². The molecule has 3 aromatic rings. The summed E-state index contributed by atoms with van der Waals surface area (Å²) < 4.78 is 12.6. The molecule has 4 rings (SSSR count). The minimum Gasteiger partial charge on any atom is -0.497 e. The van der Waals surface area contributed by atoms with E-state index < -0.39 is 0 Å². The normalized spacial score (nSPS) is 14.3. The van der Waals surface area contributed by atoms with Gasteiger partial charge < -0.3 is 19.4 Å². The molecule has 1 aliphatic heterocycles. The standard InChI is InChI=1S/C22H26N4O3/c1-16-5-10-21(29-16)19-15-20(22(27)23-11-14-25-12-3-4-13-25)26(24-19)17-6-8-18(28-2)9-7-17/h5-10,15H,3-4,11-14H2,1-2H3,(H,23,27). The van der Waals surface area contributed by atoms with Crippen molar-refractivity contribution in [3.8, 4) is 22.9 Å². The fourth-order valence-corrected chi connectivity index (χ4v) is 3.58. The van der Waals surface area contributed by atoms with Crippen molar-refractivity contribution in [1.82, 2.24) is 20.0 Å². The van der Waals surface area contributed by atoms with Crippen LogP contribution in [0.4, 0.5) is 0 Å². The summed E-state index contributed by atoms with van der Waals surface area (Å²) in [6.07, 6.45) is 2.48. The van der Waals surface area contributed by atoms with Crippen molar-refractivity contribution >= 4 is 5.91 Å². The molecule has 7 nitrogen and oxygen atoms in total. The Morgan fingerprint density at radius 3 is 2.59 bits per heavy atom. The lowest BCUT2D eigenvalue weighted by Crippen LogP contribution is -2.34.